The van der Waals surface area contributed by atoms with Gasteiger partial charge in [-0.05, 0) is 24.6 Å². The van der Waals surface area contributed by atoms with E-state index in [9.17, 15) is 12.8 Å². The number of sulfonamides is 1. The monoisotopic (exact) mass is 284 g/mol. The summed E-state index contributed by atoms with van der Waals surface area (Å²) in [5.41, 5.74) is 0.491. The fourth-order valence-corrected chi connectivity index (χ4v) is 2.99. The Balaban J connectivity index is 2.33. The van der Waals surface area contributed by atoms with Gasteiger partial charge in [-0.25, -0.2) is 17.8 Å². The summed E-state index contributed by atoms with van der Waals surface area (Å²) < 4.78 is 39.0. The fourth-order valence-electron chi connectivity index (χ4n) is 1.62. The molecule has 0 aliphatic carbocycles. The van der Waals surface area contributed by atoms with Crippen LogP contribution >= 0.6 is 0 Å². The number of hydrogen-bond donors (Lipinski definition) is 1. The van der Waals surface area contributed by atoms with E-state index in [0.717, 1.165) is 10.4 Å². The Morgan fingerprint density at radius 1 is 1.42 bits per heavy atom. The van der Waals surface area contributed by atoms with E-state index in [2.05, 4.69) is 15.2 Å². The summed E-state index contributed by atoms with van der Waals surface area (Å²) in [6, 6.07) is 3.68. The van der Waals surface area contributed by atoms with Crippen LogP contribution in [0.5, 0.6) is 0 Å². The number of aryl methyl sites for hydroxylation is 1. The number of nitrogens with one attached hydrogen (secondary N) is 1. The van der Waals surface area contributed by atoms with Crippen molar-refractivity contribution in [2.75, 3.05) is 7.05 Å². The molecule has 1 aromatic carbocycles. The van der Waals surface area contributed by atoms with Crippen molar-refractivity contribution in [3.05, 3.63) is 41.7 Å². The highest BCUT2D eigenvalue weighted by atomic mass is 32.2. The summed E-state index contributed by atoms with van der Waals surface area (Å²) in [6.45, 7) is 1.66. The van der Waals surface area contributed by atoms with Gasteiger partial charge >= 0.3 is 0 Å². The molecule has 0 spiro atoms. The molecular weight excluding hydrogens is 271 g/mol. The molecule has 1 N–H and O–H groups in total. The van der Waals surface area contributed by atoms with Crippen LogP contribution in [0.25, 0.3) is 0 Å². The SMILES string of the molecule is Cc1ccc(F)cc1S(=O)(=O)N(C)Cc1ncn[nH]1. The minimum atomic E-state index is -3.76. The third-order valence-electron chi connectivity index (χ3n) is 2.68. The molecule has 2 rings (SSSR count). The normalized spacial score (nSPS) is 12.0. The molecule has 0 aliphatic heterocycles. The first-order chi connectivity index (χ1) is 8.91. The highest BCUT2D eigenvalue weighted by Crippen LogP contribution is 2.20. The summed E-state index contributed by atoms with van der Waals surface area (Å²) in [7, 11) is -2.36. The lowest BCUT2D eigenvalue weighted by Crippen LogP contribution is -2.27. The topological polar surface area (TPSA) is 79.0 Å². The molecule has 2 aromatic rings. The maximum absolute atomic E-state index is 13.2. The average molecular weight is 284 g/mol. The Labute approximate surface area is 110 Å². The van der Waals surface area contributed by atoms with E-state index in [1.807, 2.05) is 0 Å². The minimum Gasteiger partial charge on any atom is -0.262 e. The average Bonchev–Trinajstić information content (AvgIpc) is 2.85. The van der Waals surface area contributed by atoms with Crippen molar-refractivity contribution in [3.63, 3.8) is 0 Å². The first-order valence-corrected chi connectivity index (χ1v) is 6.92. The van der Waals surface area contributed by atoms with Gasteiger partial charge < -0.3 is 0 Å². The number of benzene rings is 1. The summed E-state index contributed by atoms with van der Waals surface area (Å²) in [5, 5.41) is 6.22. The predicted molar refractivity (Wildman–Crippen MR) is 66.2 cm³/mol. The molecule has 6 nitrogen and oxygen atoms in total. The maximum atomic E-state index is 13.2. The first-order valence-electron chi connectivity index (χ1n) is 5.48. The molecule has 0 amide bonds. The molecule has 0 radical (unpaired) electrons. The summed E-state index contributed by atoms with van der Waals surface area (Å²) in [5.74, 6) is -0.169. The number of rotatable bonds is 4. The molecular formula is C11H13FN4O2S. The zero-order valence-electron chi connectivity index (χ0n) is 10.5. The largest absolute Gasteiger partial charge is 0.262 e. The third kappa shape index (κ3) is 2.79. The van der Waals surface area contributed by atoms with Gasteiger partial charge in [0.25, 0.3) is 0 Å². The Hall–Kier alpha value is -1.80. The van der Waals surface area contributed by atoms with E-state index < -0.39 is 15.8 Å². The second kappa shape index (κ2) is 5.06. The third-order valence-corrected chi connectivity index (χ3v) is 4.62. The fraction of sp³-hybridized carbons (Fsp3) is 0.273. The lowest BCUT2D eigenvalue weighted by Gasteiger charge is -2.17. The molecule has 8 heteroatoms. The van der Waals surface area contributed by atoms with Crippen LogP contribution in [0.15, 0.2) is 29.4 Å². The molecule has 0 atom stereocenters. The van der Waals surface area contributed by atoms with Crippen molar-refractivity contribution < 1.29 is 12.8 Å². The molecule has 1 heterocycles. The lowest BCUT2D eigenvalue weighted by molar-refractivity contribution is 0.456. The quantitative estimate of drug-likeness (QED) is 0.911. The number of halogens is 1. The smallest absolute Gasteiger partial charge is 0.243 e. The van der Waals surface area contributed by atoms with Crippen molar-refractivity contribution in [1.82, 2.24) is 19.5 Å². The minimum absolute atomic E-state index is 0.0400. The van der Waals surface area contributed by atoms with Crippen molar-refractivity contribution in [2.24, 2.45) is 0 Å². The zero-order chi connectivity index (χ0) is 14.0. The highest BCUT2D eigenvalue weighted by molar-refractivity contribution is 7.89. The summed E-state index contributed by atoms with van der Waals surface area (Å²) >= 11 is 0. The second-order valence-electron chi connectivity index (χ2n) is 4.10. The van der Waals surface area contributed by atoms with Crippen LogP contribution in [0.2, 0.25) is 0 Å². The van der Waals surface area contributed by atoms with Gasteiger partial charge in [-0.15, -0.1) is 0 Å². The van der Waals surface area contributed by atoms with Crippen LogP contribution in [0.1, 0.15) is 11.4 Å². The Morgan fingerprint density at radius 3 is 2.79 bits per heavy atom. The van der Waals surface area contributed by atoms with Gasteiger partial charge in [-0.3, -0.25) is 5.10 Å². The maximum Gasteiger partial charge on any atom is 0.243 e. The van der Waals surface area contributed by atoms with Gasteiger partial charge in [-0.1, -0.05) is 6.07 Å². The van der Waals surface area contributed by atoms with E-state index in [4.69, 9.17) is 0 Å². The van der Waals surface area contributed by atoms with Gasteiger partial charge in [0.05, 0.1) is 11.4 Å². The van der Waals surface area contributed by atoms with E-state index in [1.54, 1.807) is 6.92 Å². The molecule has 1 aromatic heterocycles. The standard InChI is InChI=1S/C11H13FN4O2S/c1-8-3-4-9(12)5-10(8)19(17,18)16(2)6-11-13-7-14-15-11/h3-5,7H,6H2,1-2H3,(H,13,14,15). The number of H-pyrrole nitrogens is 1. The van der Waals surface area contributed by atoms with Crippen LogP contribution in [0.3, 0.4) is 0 Å². The van der Waals surface area contributed by atoms with Gasteiger partial charge in [0, 0.05) is 7.05 Å². The molecule has 102 valence electrons. The van der Waals surface area contributed by atoms with Gasteiger partial charge in [-0.2, -0.15) is 9.40 Å². The molecule has 0 saturated carbocycles. The van der Waals surface area contributed by atoms with E-state index in [-0.39, 0.29) is 11.4 Å². The second-order valence-corrected chi connectivity index (χ2v) is 6.12. The predicted octanol–water partition coefficient (Wildman–Crippen LogP) is 1.07. The Bertz CT molecular complexity index is 670. The molecule has 19 heavy (non-hydrogen) atoms. The first kappa shape index (κ1) is 13.6. The summed E-state index contributed by atoms with van der Waals surface area (Å²) in [6.07, 6.45) is 1.29. The molecule has 0 unspecified atom stereocenters. The molecule has 0 saturated heterocycles. The van der Waals surface area contributed by atoms with Crippen LogP contribution in [0.4, 0.5) is 4.39 Å². The molecule has 0 fully saturated rings. The van der Waals surface area contributed by atoms with E-state index >= 15 is 0 Å². The number of nitrogens with zero attached hydrogens (tertiary/aromatic N) is 3. The van der Waals surface area contributed by atoms with Crippen LogP contribution in [-0.2, 0) is 16.6 Å². The number of aromatic nitrogens is 3. The Kier molecular flexibility index (Phi) is 3.63. The van der Waals surface area contributed by atoms with Crippen molar-refractivity contribution in [1.29, 1.82) is 0 Å². The van der Waals surface area contributed by atoms with Crippen LogP contribution in [-0.4, -0.2) is 35.0 Å². The molecule has 0 bridgehead atoms. The summed E-state index contributed by atoms with van der Waals surface area (Å²) in [4.78, 5) is 3.81. The Morgan fingerprint density at radius 2 is 2.16 bits per heavy atom. The van der Waals surface area contributed by atoms with Crippen molar-refractivity contribution in [3.8, 4) is 0 Å². The van der Waals surface area contributed by atoms with Crippen molar-refractivity contribution in [2.45, 2.75) is 18.4 Å². The number of aromatic amines is 1. The van der Waals surface area contributed by atoms with E-state index in [0.29, 0.717) is 11.4 Å². The van der Waals surface area contributed by atoms with E-state index in [1.165, 1.54) is 25.5 Å². The molecule has 0 aliphatic rings. The highest BCUT2D eigenvalue weighted by Gasteiger charge is 2.24. The number of hydrogen-bond acceptors (Lipinski definition) is 4. The lowest BCUT2D eigenvalue weighted by atomic mass is 10.2. The zero-order valence-corrected chi connectivity index (χ0v) is 11.3. The van der Waals surface area contributed by atoms with Crippen molar-refractivity contribution >= 4 is 10.0 Å². The van der Waals surface area contributed by atoms with Crippen LogP contribution < -0.4 is 0 Å². The van der Waals surface area contributed by atoms with Gasteiger partial charge in [0.15, 0.2) is 0 Å². The van der Waals surface area contributed by atoms with Gasteiger partial charge in [0.2, 0.25) is 10.0 Å². The van der Waals surface area contributed by atoms with Gasteiger partial charge in [0.1, 0.15) is 18.0 Å². The van der Waals surface area contributed by atoms with Crippen LogP contribution in [0, 0.1) is 12.7 Å².